The van der Waals surface area contributed by atoms with Gasteiger partial charge in [0.2, 0.25) is 15.9 Å². The van der Waals surface area contributed by atoms with E-state index in [9.17, 15) is 13.2 Å². The van der Waals surface area contributed by atoms with E-state index in [-0.39, 0.29) is 22.9 Å². The number of nitrogens with one attached hydrogen (secondary N) is 2. The van der Waals surface area contributed by atoms with Crippen molar-refractivity contribution in [1.29, 1.82) is 0 Å². The van der Waals surface area contributed by atoms with Crippen molar-refractivity contribution in [1.82, 2.24) is 10.6 Å². The Morgan fingerprint density at radius 2 is 2.10 bits per heavy atom. The summed E-state index contributed by atoms with van der Waals surface area (Å²) in [4.78, 5) is 12.2. The molecule has 0 radical (unpaired) electrons. The van der Waals surface area contributed by atoms with Gasteiger partial charge in [0.1, 0.15) is 0 Å². The fourth-order valence-corrected chi connectivity index (χ4v) is 3.53. The van der Waals surface area contributed by atoms with E-state index in [4.69, 9.17) is 5.14 Å². The molecule has 8 heteroatoms. The minimum atomic E-state index is -3.69. The van der Waals surface area contributed by atoms with E-state index in [1.807, 2.05) is 6.92 Å². The molecule has 1 aromatic carbocycles. The summed E-state index contributed by atoms with van der Waals surface area (Å²) in [6.45, 7) is 2.69. The van der Waals surface area contributed by atoms with Crippen molar-refractivity contribution in [2.24, 2.45) is 5.14 Å². The highest BCUT2D eigenvalue weighted by Crippen LogP contribution is 2.16. The van der Waals surface area contributed by atoms with Crippen LogP contribution in [0.5, 0.6) is 0 Å². The van der Waals surface area contributed by atoms with E-state index in [0.29, 0.717) is 0 Å². The Hall–Kier alpha value is -1.09. The quantitative estimate of drug-likeness (QED) is 0.733. The van der Waals surface area contributed by atoms with Crippen molar-refractivity contribution in [3.8, 4) is 0 Å². The van der Waals surface area contributed by atoms with Crippen LogP contribution in [0.25, 0.3) is 0 Å². The van der Waals surface area contributed by atoms with Crippen molar-refractivity contribution < 1.29 is 13.2 Å². The van der Waals surface area contributed by atoms with E-state index >= 15 is 0 Å². The largest absolute Gasteiger partial charge is 0.348 e. The topological polar surface area (TPSA) is 101 Å². The highest BCUT2D eigenvalue weighted by atomic mass is 32.2. The zero-order valence-corrected chi connectivity index (χ0v) is 13.3. The fourth-order valence-electron chi connectivity index (χ4n) is 2.08. The van der Waals surface area contributed by atoms with Crippen LogP contribution in [0, 0.1) is 0 Å². The number of benzene rings is 1. The molecule has 4 N–H and O–H groups in total. The molecule has 1 aliphatic heterocycles. The van der Waals surface area contributed by atoms with Gasteiger partial charge in [-0.2, -0.15) is 11.8 Å². The molecule has 2 atom stereocenters. The van der Waals surface area contributed by atoms with Gasteiger partial charge in [-0.3, -0.25) is 4.79 Å². The lowest BCUT2D eigenvalue weighted by atomic mass is 10.1. The van der Waals surface area contributed by atoms with E-state index in [0.717, 1.165) is 23.6 Å². The Kier molecular flexibility index (Phi) is 5.26. The number of amides is 1. The van der Waals surface area contributed by atoms with Gasteiger partial charge in [-0.05, 0) is 24.6 Å². The summed E-state index contributed by atoms with van der Waals surface area (Å²) in [5.41, 5.74) is 0.833. The van der Waals surface area contributed by atoms with Crippen molar-refractivity contribution in [2.75, 3.05) is 18.1 Å². The van der Waals surface area contributed by atoms with Gasteiger partial charge in [0, 0.05) is 18.1 Å². The van der Waals surface area contributed by atoms with Crippen LogP contribution in [0.3, 0.4) is 0 Å². The first kappa shape index (κ1) is 16.3. The van der Waals surface area contributed by atoms with E-state index in [2.05, 4.69) is 10.6 Å². The Labute approximate surface area is 128 Å². The Balaban J connectivity index is 1.99. The maximum atomic E-state index is 12.1. The molecule has 21 heavy (non-hydrogen) atoms. The second-order valence-electron chi connectivity index (χ2n) is 4.93. The fraction of sp³-hybridized carbons (Fsp3) is 0.462. The molecular formula is C13H19N3O3S2. The predicted octanol–water partition coefficient (Wildman–Crippen LogP) is 0.216. The molecule has 0 saturated carbocycles. The average molecular weight is 329 g/mol. The smallest absolute Gasteiger partial charge is 0.238 e. The zero-order chi connectivity index (χ0) is 15.5. The van der Waals surface area contributed by atoms with Gasteiger partial charge in [0.25, 0.3) is 0 Å². The van der Waals surface area contributed by atoms with Crippen LogP contribution in [-0.4, -0.2) is 38.4 Å². The third kappa shape index (κ3) is 4.44. The first-order valence-corrected chi connectivity index (χ1v) is 9.32. The van der Waals surface area contributed by atoms with Gasteiger partial charge in [0.05, 0.1) is 17.0 Å². The molecule has 1 fully saturated rings. The standard InChI is InChI=1S/C13H19N3O3S2/c1-9(16-13(17)12-8-20-7-6-15-12)10-2-4-11(5-3-10)21(14,18)19/h2-5,9,12,15H,6-8H2,1H3,(H,16,17)(H2,14,18,19). The van der Waals surface area contributed by atoms with Gasteiger partial charge in [0.15, 0.2) is 0 Å². The summed E-state index contributed by atoms with van der Waals surface area (Å²) in [5.74, 6) is 1.75. The van der Waals surface area contributed by atoms with Crippen molar-refractivity contribution in [3.05, 3.63) is 29.8 Å². The minimum absolute atomic E-state index is 0.0368. The number of carbonyl (C=O) groups excluding carboxylic acids is 1. The molecule has 1 saturated heterocycles. The van der Waals surface area contributed by atoms with Gasteiger partial charge < -0.3 is 10.6 Å². The molecule has 2 unspecified atom stereocenters. The van der Waals surface area contributed by atoms with Crippen LogP contribution >= 0.6 is 11.8 Å². The summed E-state index contributed by atoms with van der Waals surface area (Å²) in [7, 11) is -3.69. The highest BCUT2D eigenvalue weighted by molar-refractivity contribution is 7.99. The van der Waals surface area contributed by atoms with Crippen molar-refractivity contribution >= 4 is 27.7 Å². The first-order valence-electron chi connectivity index (χ1n) is 6.62. The SMILES string of the molecule is CC(NC(=O)C1CSCCN1)c1ccc(S(N)(=O)=O)cc1. The molecule has 0 bridgehead atoms. The molecule has 6 nitrogen and oxygen atoms in total. The molecule has 2 rings (SSSR count). The summed E-state index contributed by atoms with van der Waals surface area (Å²) in [6.07, 6.45) is 0. The molecule has 0 spiro atoms. The second-order valence-corrected chi connectivity index (χ2v) is 7.64. The summed E-state index contributed by atoms with van der Waals surface area (Å²) >= 11 is 1.76. The highest BCUT2D eigenvalue weighted by Gasteiger charge is 2.22. The van der Waals surface area contributed by atoms with Gasteiger partial charge in [-0.15, -0.1) is 0 Å². The number of hydrogen-bond donors (Lipinski definition) is 3. The van der Waals surface area contributed by atoms with Crippen LogP contribution in [0.15, 0.2) is 29.2 Å². The molecule has 116 valence electrons. The lowest BCUT2D eigenvalue weighted by Crippen LogP contribution is -2.49. The van der Waals surface area contributed by atoms with Crippen LogP contribution in [0.4, 0.5) is 0 Å². The monoisotopic (exact) mass is 329 g/mol. The van der Waals surface area contributed by atoms with Crippen LogP contribution in [-0.2, 0) is 14.8 Å². The van der Waals surface area contributed by atoms with Crippen LogP contribution in [0.2, 0.25) is 0 Å². The number of primary sulfonamides is 1. The summed E-state index contributed by atoms with van der Waals surface area (Å²) in [5, 5.41) is 11.2. The van der Waals surface area contributed by atoms with Gasteiger partial charge in [-0.25, -0.2) is 13.6 Å². The van der Waals surface area contributed by atoms with Crippen LogP contribution < -0.4 is 15.8 Å². The third-order valence-electron chi connectivity index (χ3n) is 3.31. The normalized spacial score (nSPS) is 20.8. The lowest BCUT2D eigenvalue weighted by molar-refractivity contribution is -0.123. The number of hydrogen-bond acceptors (Lipinski definition) is 5. The van der Waals surface area contributed by atoms with Crippen molar-refractivity contribution in [3.63, 3.8) is 0 Å². The maximum absolute atomic E-state index is 12.1. The van der Waals surface area contributed by atoms with E-state index < -0.39 is 10.0 Å². The Morgan fingerprint density at radius 3 is 2.62 bits per heavy atom. The van der Waals surface area contributed by atoms with Gasteiger partial charge >= 0.3 is 0 Å². The van der Waals surface area contributed by atoms with Crippen LogP contribution in [0.1, 0.15) is 18.5 Å². The summed E-state index contributed by atoms with van der Waals surface area (Å²) in [6, 6.07) is 5.85. The molecule has 0 aromatic heterocycles. The molecule has 1 aromatic rings. The molecular weight excluding hydrogens is 310 g/mol. The third-order valence-corrected chi connectivity index (χ3v) is 5.30. The number of carbonyl (C=O) groups is 1. The zero-order valence-electron chi connectivity index (χ0n) is 11.7. The van der Waals surface area contributed by atoms with Crippen molar-refractivity contribution in [2.45, 2.75) is 23.9 Å². The molecule has 1 heterocycles. The van der Waals surface area contributed by atoms with E-state index in [1.165, 1.54) is 12.1 Å². The molecule has 0 aliphatic carbocycles. The number of sulfonamides is 1. The number of nitrogens with two attached hydrogens (primary N) is 1. The lowest BCUT2D eigenvalue weighted by Gasteiger charge is -2.24. The first-order chi connectivity index (χ1) is 9.88. The Morgan fingerprint density at radius 1 is 1.43 bits per heavy atom. The predicted molar refractivity (Wildman–Crippen MR) is 83.5 cm³/mol. The minimum Gasteiger partial charge on any atom is -0.348 e. The number of rotatable bonds is 4. The second kappa shape index (κ2) is 6.78. The molecule has 1 amide bonds. The average Bonchev–Trinajstić information content (AvgIpc) is 2.47. The maximum Gasteiger partial charge on any atom is 0.238 e. The summed E-state index contributed by atoms with van der Waals surface area (Å²) < 4.78 is 22.4. The van der Waals surface area contributed by atoms with E-state index in [1.54, 1.807) is 23.9 Å². The van der Waals surface area contributed by atoms with Gasteiger partial charge in [-0.1, -0.05) is 12.1 Å². The Bertz CT molecular complexity index is 596. The molecule has 1 aliphatic rings. The number of thioether (sulfide) groups is 1.